The molecule has 2 aliphatic rings. The molecule has 0 bridgehead atoms. The molecule has 0 radical (unpaired) electrons. The number of nitrogens with zero attached hydrogens (tertiary/aromatic N) is 1. The van der Waals surface area contributed by atoms with Crippen molar-refractivity contribution in [2.45, 2.75) is 105 Å². The van der Waals surface area contributed by atoms with Crippen LogP contribution in [0.4, 0.5) is 0 Å². The third-order valence-electron chi connectivity index (χ3n) is 8.58. The topological polar surface area (TPSA) is 96.7 Å². The van der Waals surface area contributed by atoms with Gasteiger partial charge in [0, 0.05) is 11.3 Å². The number of Topliss-reactive ketones (excluding diaryl/α,β-unsaturated/α-hetero) is 1. The van der Waals surface area contributed by atoms with Crippen LogP contribution in [0.2, 0.25) is 0 Å². The average molecular weight is 506 g/mol. The van der Waals surface area contributed by atoms with Crippen LogP contribution in [0, 0.1) is 35.5 Å². The van der Waals surface area contributed by atoms with Gasteiger partial charge in [-0.15, -0.1) is 11.3 Å². The fourth-order valence-electron chi connectivity index (χ4n) is 5.55. The number of ether oxygens (including phenoxy) is 1. The van der Waals surface area contributed by atoms with Crippen molar-refractivity contribution < 1.29 is 24.5 Å². The SMILES string of the molecule is C/C(=C\c1csc(C)n1)[C@@H]1C[C@@H]2C[C@]2(C)CCC[C@H](C)[C@H](O)[C@@H](C)C(=O)C(C)(C)[C@@H](O)CC(=O)O1. The normalized spacial score (nSPS) is 37.5. The van der Waals surface area contributed by atoms with E-state index in [4.69, 9.17) is 4.74 Å². The lowest BCUT2D eigenvalue weighted by Gasteiger charge is -2.34. The second-order valence-corrected chi connectivity index (χ2v) is 13.0. The van der Waals surface area contributed by atoms with Gasteiger partial charge in [-0.05, 0) is 68.4 Å². The number of carbonyl (C=O) groups excluding carboxylic acids is 2. The summed E-state index contributed by atoms with van der Waals surface area (Å²) in [7, 11) is 0. The van der Waals surface area contributed by atoms with Crippen LogP contribution in [0.3, 0.4) is 0 Å². The fraction of sp³-hybridized carbons (Fsp3) is 0.750. The summed E-state index contributed by atoms with van der Waals surface area (Å²) in [6.45, 7) is 13.2. The highest BCUT2D eigenvalue weighted by Gasteiger charge is 2.50. The molecule has 1 aliphatic carbocycles. The lowest BCUT2D eigenvalue weighted by Crippen LogP contribution is -2.45. The molecule has 7 atom stereocenters. The van der Waals surface area contributed by atoms with Crippen molar-refractivity contribution in [2.24, 2.45) is 28.6 Å². The maximum absolute atomic E-state index is 13.2. The molecule has 0 spiro atoms. The summed E-state index contributed by atoms with van der Waals surface area (Å²) >= 11 is 1.58. The Kier molecular flexibility index (Phi) is 8.65. The zero-order valence-electron chi connectivity index (χ0n) is 22.3. The van der Waals surface area contributed by atoms with E-state index < -0.39 is 35.6 Å². The standard InChI is InChI=1S/C28H43NO5S/c1-16-9-8-10-28(7)14-20(28)12-22(17(2)11-21-15-35-19(4)29-21)34-24(31)13-23(30)27(5,6)26(33)18(3)25(16)32/h11,15-16,18,20,22-23,25,30,32H,8-10,12-14H2,1-7H3/b17-11+/t16-,18+,20+,22-,23-,25-,28-/m0/s1. The predicted molar refractivity (Wildman–Crippen MR) is 139 cm³/mol. The molecule has 196 valence electrons. The fourth-order valence-corrected chi connectivity index (χ4v) is 6.12. The quantitative estimate of drug-likeness (QED) is 0.526. The van der Waals surface area contributed by atoms with E-state index >= 15 is 0 Å². The Hall–Kier alpha value is -1.57. The smallest absolute Gasteiger partial charge is 0.309 e. The summed E-state index contributed by atoms with van der Waals surface area (Å²) in [5.41, 5.74) is 0.825. The zero-order valence-corrected chi connectivity index (χ0v) is 23.2. The number of thiazole rings is 1. The second-order valence-electron chi connectivity index (χ2n) is 11.9. The van der Waals surface area contributed by atoms with Gasteiger partial charge in [0.15, 0.2) is 0 Å². The Morgan fingerprint density at radius 3 is 2.54 bits per heavy atom. The number of fused-ring (bicyclic) bond motifs is 1. The van der Waals surface area contributed by atoms with E-state index in [2.05, 4.69) is 11.9 Å². The van der Waals surface area contributed by atoms with Crippen LogP contribution in [0.5, 0.6) is 0 Å². The molecule has 1 saturated carbocycles. The van der Waals surface area contributed by atoms with E-state index in [0.29, 0.717) is 5.92 Å². The van der Waals surface area contributed by atoms with Crippen molar-refractivity contribution >= 4 is 29.2 Å². The summed E-state index contributed by atoms with van der Waals surface area (Å²) in [5, 5.41) is 24.7. The first-order valence-electron chi connectivity index (χ1n) is 12.9. The van der Waals surface area contributed by atoms with Gasteiger partial charge in [0.25, 0.3) is 0 Å². The van der Waals surface area contributed by atoms with Gasteiger partial charge in [-0.1, -0.05) is 41.0 Å². The van der Waals surface area contributed by atoms with Gasteiger partial charge >= 0.3 is 5.97 Å². The van der Waals surface area contributed by atoms with Crippen molar-refractivity contribution in [2.75, 3.05) is 0 Å². The van der Waals surface area contributed by atoms with Crippen LogP contribution in [-0.2, 0) is 14.3 Å². The number of ketones is 1. The monoisotopic (exact) mass is 505 g/mol. The molecule has 3 rings (SSSR count). The Labute approximate surface area is 214 Å². The molecular weight excluding hydrogens is 462 g/mol. The van der Waals surface area contributed by atoms with Gasteiger partial charge < -0.3 is 14.9 Å². The molecule has 0 aromatic carbocycles. The largest absolute Gasteiger partial charge is 0.458 e. The number of aliphatic hydroxyl groups excluding tert-OH is 2. The highest BCUT2D eigenvalue weighted by Crippen LogP contribution is 2.58. The Morgan fingerprint density at radius 1 is 1.23 bits per heavy atom. The highest BCUT2D eigenvalue weighted by atomic mass is 32.1. The number of aryl methyl sites for hydroxylation is 1. The van der Waals surface area contributed by atoms with Gasteiger partial charge in [0.2, 0.25) is 0 Å². The first kappa shape index (κ1) is 28.0. The number of rotatable bonds is 2. The van der Waals surface area contributed by atoms with E-state index in [1.54, 1.807) is 32.1 Å². The average Bonchev–Trinajstić information content (AvgIpc) is 3.22. The molecule has 0 amide bonds. The third kappa shape index (κ3) is 6.60. The van der Waals surface area contributed by atoms with Crippen LogP contribution < -0.4 is 0 Å². The lowest BCUT2D eigenvalue weighted by molar-refractivity contribution is -0.154. The Bertz CT molecular complexity index is 953. The number of esters is 1. The maximum atomic E-state index is 13.2. The van der Waals surface area contributed by atoms with E-state index in [1.165, 1.54) is 0 Å². The third-order valence-corrected chi connectivity index (χ3v) is 9.37. The van der Waals surface area contributed by atoms with Crippen LogP contribution in [-0.4, -0.2) is 45.3 Å². The van der Waals surface area contributed by atoms with Crippen molar-refractivity contribution in [1.29, 1.82) is 0 Å². The van der Waals surface area contributed by atoms with Crippen molar-refractivity contribution in [1.82, 2.24) is 4.98 Å². The predicted octanol–water partition coefficient (Wildman–Crippen LogP) is 5.35. The van der Waals surface area contributed by atoms with Crippen molar-refractivity contribution in [3.63, 3.8) is 0 Å². The molecule has 1 aliphatic heterocycles. The molecule has 1 aromatic rings. The molecule has 6 nitrogen and oxygen atoms in total. The van der Waals surface area contributed by atoms with Gasteiger partial charge in [-0.2, -0.15) is 0 Å². The molecule has 1 saturated heterocycles. The summed E-state index contributed by atoms with van der Waals surface area (Å²) in [6, 6.07) is 0. The maximum Gasteiger partial charge on any atom is 0.309 e. The van der Waals surface area contributed by atoms with Crippen molar-refractivity contribution in [3.8, 4) is 0 Å². The number of carbonyl (C=O) groups is 2. The summed E-state index contributed by atoms with van der Waals surface area (Å²) in [4.78, 5) is 30.7. The van der Waals surface area contributed by atoms with E-state index in [0.717, 1.165) is 48.4 Å². The first-order valence-corrected chi connectivity index (χ1v) is 13.8. The molecule has 2 fully saturated rings. The molecule has 2 N–H and O–H groups in total. The molecular formula is C28H43NO5S. The number of hydrogen-bond donors (Lipinski definition) is 2. The highest BCUT2D eigenvalue weighted by molar-refractivity contribution is 7.09. The minimum Gasteiger partial charge on any atom is -0.458 e. The Balaban J connectivity index is 1.85. The second kappa shape index (κ2) is 10.8. The molecule has 7 heteroatoms. The van der Waals surface area contributed by atoms with Gasteiger partial charge in [0.05, 0.1) is 34.7 Å². The van der Waals surface area contributed by atoms with Crippen LogP contribution in [0.1, 0.15) is 90.8 Å². The van der Waals surface area contributed by atoms with Gasteiger partial charge in [-0.3, -0.25) is 9.59 Å². The molecule has 35 heavy (non-hydrogen) atoms. The number of aliphatic hydroxyl groups is 2. The number of aromatic nitrogens is 1. The first-order chi connectivity index (χ1) is 16.2. The van der Waals surface area contributed by atoms with Gasteiger partial charge in [-0.25, -0.2) is 4.98 Å². The molecule has 0 unspecified atom stereocenters. The van der Waals surface area contributed by atoms with Gasteiger partial charge in [0.1, 0.15) is 11.9 Å². The van der Waals surface area contributed by atoms with Crippen molar-refractivity contribution in [3.05, 3.63) is 21.7 Å². The van der Waals surface area contributed by atoms with E-state index in [-0.39, 0.29) is 23.5 Å². The number of cyclic esters (lactones) is 1. The molecule has 2 heterocycles. The van der Waals surface area contributed by atoms with E-state index in [9.17, 15) is 19.8 Å². The molecule has 1 aromatic heterocycles. The van der Waals surface area contributed by atoms with Crippen LogP contribution in [0.15, 0.2) is 11.0 Å². The van der Waals surface area contributed by atoms with Crippen LogP contribution in [0.25, 0.3) is 6.08 Å². The lowest BCUT2D eigenvalue weighted by atomic mass is 9.73. The minimum atomic E-state index is -1.20. The van der Waals surface area contributed by atoms with E-state index in [1.807, 2.05) is 32.2 Å². The minimum absolute atomic E-state index is 0.0138. The summed E-state index contributed by atoms with van der Waals surface area (Å²) < 4.78 is 5.95. The number of hydrogen-bond acceptors (Lipinski definition) is 7. The Morgan fingerprint density at radius 2 is 1.91 bits per heavy atom. The summed E-state index contributed by atoms with van der Waals surface area (Å²) in [6.07, 6.45) is 4.06. The van der Waals surface area contributed by atoms with Crippen LogP contribution >= 0.6 is 11.3 Å². The zero-order chi connectivity index (χ0) is 26.1. The summed E-state index contributed by atoms with van der Waals surface area (Å²) in [5.74, 6) is -0.926.